The van der Waals surface area contributed by atoms with E-state index in [1.807, 2.05) is 11.9 Å². The molecule has 1 saturated heterocycles. The van der Waals surface area contributed by atoms with E-state index >= 15 is 0 Å². The predicted octanol–water partition coefficient (Wildman–Crippen LogP) is 4.20. The molecule has 2 aromatic carbocycles. The van der Waals surface area contributed by atoms with Gasteiger partial charge < -0.3 is 10.2 Å². The number of thioether (sulfide) groups is 1. The second-order valence-electron chi connectivity index (χ2n) is 6.51. The van der Waals surface area contributed by atoms with Crippen LogP contribution >= 0.6 is 24.2 Å². The van der Waals surface area contributed by atoms with Gasteiger partial charge in [0.2, 0.25) is 5.91 Å². The molecule has 5 heteroatoms. The van der Waals surface area contributed by atoms with Gasteiger partial charge in [-0.05, 0) is 61.7 Å². The van der Waals surface area contributed by atoms with Crippen molar-refractivity contribution < 1.29 is 4.79 Å². The van der Waals surface area contributed by atoms with Crippen molar-refractivity contribution in [2.45, 2.75) is 24.2 Å². The molecule has 1 fully saturated rings. The number of hydrogen-bond donors (Lipinski definition) is 1. The second kappa shape index (κ2) is 10.0. The first kappa shape index (κ1) is 20.1. The normalized spacial score (nSPS) is 15.2. The van der Waals surface area contributed by atoms with Gasteiger partial charge >= 0.3 is 0 Å². The number of nitrogens with zero attached hydrogens (tertiary/aromatic N) is 1. The fourth-order valence-electron chi connectivity index (χ4n) is 3.31. The summed E-state index contributed by atoms with van der Waals surface area (Å²) in [5.74, 6) is 1.59. The fourth-order valence-corrected chi connectivity index (χ4v) is 4.16. The zero-order valence-corrected chi connectivity index (χ0v) is 16.4. The van der Waals surface area contributed by atoms with E-state index in [2.05, 4.69) is 47.8 Å². The Balaban J connectivity index is 0.00000225. The summed E-state index contributed by atoms with van der Waals surface area (Å²) in [6.45, 7) is 2.92. The average molecular weight is 379 g/mol. The van der Waals surface area contributed by atoms with Gasteiger partial charge in [-0.2, -0.15) is 0 Å². The Kier molecular flexibility index (Phi) is 8.07. The number of likely N-dealkylation sites (tertiary alicyclic amines) is 1. The number of carbonyl (C=O) groups excluding carboxylic acids is 1. The Morgan fingerprint density at radius 3 is 2.60 bits per heavy atom. The molecule has 0 saturated carbocycles. The van der Waals surface area contributed by atoms with Crippen LogP contribution in [0.1, 0.15) is 19.3 Å². The number of fused-ring (bicyclic) bond motifs is 1. The van der Waals surface area contributed by atoms with Gasteiger partial charge in [0.15, 0.2) is 0 Å². The Bertz CT molecular complexity index is 686. The molecule has 25 heavy (non-hydrogen) atoms. The molecule has 3 rings (SSSR count). The van der Waals surface area contributed by atoms with Gasteiger partial charge in [-0.3, -0.25) is 4.79 Å². The van der Waals surface area contributed by atoms with Crippen molar-refractivity contribution in [1.82, 2.24) is 10.2 Å². The number of amides is 1. The third kappa shape index (κ3) is 5.63. The lowest BCUT2D eigenvalue weighted by molar-refractivity contribution is -0.129. The van der Waals surface area contributed by atoms with Gasteiger partial charge in [-0.1, -0.05) is 30.3 Å². The molecule has 0 aliphatic carbocycles. The first-order valence-corrected chi connectivity index (χ1v) is 9.79. The maximum Gasteiger partial charge on any atom is 0.232 e. The first-order chi connectivity index (χ1) is 11.8. The highest BCUT2D eigenvalue weighted by molar-refractivity contribution is 8.00. The van der Waals surface area contributed by atoms with Crippen molar-refractivity contribution in [3.05, 3.63) is 42.5 Å². The minimum atomic E-state index is 0. The smallest absolute Gasteiger partial charge is 0.232 e. The van der Waals surface area contributed by atoms with Crippen LogP contribution in [0.25, 0.3) is 10.8 Å². The molecule has 0 radical (unpaired) electrons. The van der Waals surface area contributed by atoms with Gasteiger partial charge in [0.1, 0.15) is 0 Å². The van der Waals surface area contributed by atoms with E-state index in [1.54, 1.807) is 11.8 Å². The van der Waals surface area contributed by atoms with E-state index in [1.165, 1.54) is 22.1 Å². The molecule has 0 aromatic heterocycles. The Morgan fingerprint density at radius 2 is 1.88 bits per heavy atom. The van der Waals surface area contributed by atoms with Gasteiger partial charge in [-0.25, -0.2) is 0 Å². The van der Waals surface area contributed by atoms with Crippen molar-refractivity contribution in [2.75, 3.05) is 32.4 Å². The Morgan fingerprint density at radius 1 is 1.16 bits per heavy atom. The van der Waals surface area contributed by atoms with Crippen LogP contribution in [0.4, 0.5) is 0 Å². The van der Waals surface area contributed by atoms with E-state index in [9.17, 15) is 4.79 Å². The molecule has 136 valence electrons. The number of rotatable bonds is 6. The number of benzene rings is 2. The largest absolute Gasteiger partial charge is 0.342 e. The molecule has 1 N–H and O–H groups in total. The summed E-state index contributed by atoms with van der Waals surface area (Å²) in [5, 5.41) is 5.70. The number of piperidine rings is 1. The molecule has 1 aliphatic heterocycles. The SMILES string of the molecule is CNCCC1CCN(C(=O)CSc2ccc3ccccc3c2)CC1.Cl. The van der Waals surface area contributed by atoms with Crippen LogP contribution in [-0.2, 0) is 4.79 Å². The maximum atomic E-state index is 12.4. The zero-order valence-electron chi connectivity index (χ0n) is 14.7. The number of hydrogen-bond acceptors (Lipinski definition) is 3. The van der Waals surface area contributed by atoms with Crippen LogP contribution in [0.3, 0.4) is 0 Å². The Labute approximate surface area is 161 Å². The average Bonchev–Trinajstić information content (AvgIpc) is 2.64. The molecular weight excluding hydrogens is 352 g/mol. The summed E-state index contributed by atoms with van der Waals surface area (Å²) in [6, 6.07) is 14.8. The lowest BCUT2D eigenvalue weighted by Gasteiger charge is -2.32. The first-order valence-electron chi connectivity index (χ1n) is 8.80. The van der Waals surface area contributed by atoms with Crippen LogP contribution in [0.15, 0.2) is 47.4 Å². The van der Waals surface area contributed by atoms with Crippen LogP contribution in [0.2, 0.25) is 0 Å². The third-order valence-corrected chi connectivity index (χ3v) is 5.83. The van der Waals surface area contributed by atoms with Gasteiger partial charge in [-0.15, -0.1) is 24.2 Å². The standard InChI is InChI=1S/C20H26N2OS.ClH/c1-21-11-8-16-9-12-22(13-10-16)20(23)15-24-19-7-6-17-4-2-3-5-18(17)14-19;/h2-7,14,16,21H,8-13,15H2,1H3;1H. The van der Waals surface area contributed by atoms with E-state index in [-0.39, 0.29) is 18.3 Å². The molecular formula is C20H27ClN2OS. The summed E-state index contributed by atoms with van der Waals surface area (Å²) in [4.78, 5) is 15.7. The summed E-state index contributed by atoms with van der Waals surface area (Å²) in [7, 11) is 2.00. The van der Waals surface area contributed by atoms with E-state index < -0.39 is 0 Å². The summed E-state index contributed by atoms with van der Waals surface area (Å²) < 4.78 is 0. The zero-order chi connectivity index (χ0) is 16.8. The van der Waals surface area contributed by atoms with Crippen LogP contribution in [-0.4, -0.2) is 43.2 Å². The van der Waals surface area contributed by atoms with Crippen LogP contribution in [0.5, 0.6) is 0 Å². The van der Waals surface area contributed by atoms with Crippen molar-refractivity contribution in [2.24, 2.45) is 5.92 Å². The molecule has 3 nitrogen and oxygen atoms in total. The maximum absolute atomic E-state index is 12.4. The predicted molar refractivity (Wildman–Crippen MR) is 110 cm³/mol. The second-order valence-corrected chi connectivity index (χ2v) is 7.56. The molecule has 1 amide bonds. The van der Waals surface area contributed by atoms with Gasteiger partial charge in [0.05, 0.1) is 5.75 Å². The molecule has 0 unspecified atom stereocenters. The summed E-state index contributed by atoms with van der Waals surface area (Å²) >= 11 is 1.65. The lowest BCUT2D eigenvalue weighted by atomic mass is 9.93. The minimum Gasteiger partial charge on any atom is -0.342 e. The van der Waals surface area contributed by atoms with Crippen molar-refractivity contribution in [1.29, 1.82) is 0 Å². The fraction of sp³-hybridized carbons (Fsp3) is 0.450. The van der Waals surface area contributed by atoms with E-state index in [4.69, 9.17) is 0 Å². The van der Waals surface area contributed by atoms with Crippen molar-refractivity contribution in [3.8, 4) is 0 Å². The molecule has 1 heterocycles. The molecule has 0 atom stereocenters. The highest BCUT2D eigenvalue weighted by Gasteiger charge is 2.22. The highest BCUT2D eigenvalue weighted by Crippen LogP contribution is 2.25. The number of carbonyl (C=O) groups is 1. The monoisotopic (exact) mass is 378 g/mol. The van der Waals surface area contributed by atoms with Crippen molar-refractivity contribution in [3.63, 3.8) is 0 Å². The molecule has 0 spiro atoms. The molecule has 2 aromatic rings. The third-order valence-electron chi connectivity index (χ3n) is 4.85. The van der Waals surface area contributed by atoms with Crippen LogP contribution < -0.4 is 5.32 Å². The number of halogens is 1. The quantitative estimate of drug-likeness (QED) is 0.764. The van der Waals surface area contributed by atoms with E-state index in [0.717, 1.165) is 38.4 Å². The topological polar surface area (TPSA) is 32.3 Å². The van der Waals surface area contributed by atoms with E-state index in [0.29, 0.717) is 5.75 Å². The minimum absolute atomic E-state index is 0. The Hall–Kier alpha value is -1.23. The molecule has 1 aliphatic rings. The summed E-state index contributed by atoms with van der Waals surface area (Å²) in [5.41, 5.74) is 0. The van der Waals surface area contributed by atoms with Crippen molar-refractivity contribution >= 4 is 40.8 Å². The van der Waals surface area contributed by atoms with Gasteiger partial charge in [0, 0.05) is 18.0 Å². The number of nitrogens with one attached hydrogen (secondary N) is 1. The summed E-state index contributed by atoms with van der Waals surface area (Å²) in [6.07, 6.45) is 3.52. The van der Waals surface area contributed by atoms with Gasteiger partial charge in [0.25, 0.3) is 0 Å². The molecule has 0 bridgehead atoms. The van der Waals surface area contributed by atoms with Crippen LogP contribution in [0, 0.1) is 5.92 Å². The lowest BCUT2D eigenvalue weighted by Crippen LogP contribution is -2.39. The highest BCUT2D eigenvalue weighted by atomic mass is 35.5.